The van der Waals surface area contributed by atoms with E-state index in [9.17, 15) is 29.4 Å². The SMILES string of the molecule is CCn1c(-c2nonc2N)nc2c(C#CC(C)(C)O)ncc(OCCCNCCCC(=O)NCCOCCOCC(=O)NC(C(=O)N3C[C@H](O)C[C@H]3C(=O)NCc3ccc(-c4scnc4C)cc3)C(C)(C)C)c21. The lowest BCUT2D eigenvalue weighted by atomic mass is 9.85. The Morgan fingerprint density at radius 2 is 1.73 bits per heavy atom. The highest BCUT2D eigenvalue weighted by molar-refractivity contribution is 7.13. The number of thiazole rings is 1. The maximum Gasteiger partial charge on any atom is 0.246 e. The molecule has 0 bridgehead atoms. The van der Waals surface area contributed by atoms with E-state index in [1.54, 1.807) is 36.9 Å². The summed E-state index contributed by atoms with van der Waals surface area (Å²) in [4.78, 5) is 68.7. The lowest BCUT2D eigenvalue weighted by Gasteiger charge is -2.35. The van der Waals surface area contributed by atoms with E-state index < -0.39 is 41.0 Å². The van der Waals surface area contributed by atoms with Crippen molar-refractivity contribution in [2.45, 2.75) is 111 Å². The minimum atomic E-state index is -1.24. The summed E-state index contributed by atoms with van der Waals surface area (Å²) in [5.74, 6) is 5.24. The van der Waals surface area contributed by atoms with Crippen LogP contribution in [0.3, 0.4) is 0 Å². The number of nitrogens with two attached hydrogens (primary N) is 1. The molecule has 22 nitrogen and oxygen atoms in total. The van der Waals surface area contributed by atoms with Crippen molar-refractivity contribution in [1.82, 2.24) is 56.0 Å². The third kappa shape index (κ3) is 15.7. The fourth-order valence-corrected chi connectivity index (χ4v) is 8.77. The number of carbonyl (C=O) groups excluding carboxylic acids is 4. The van der Waals surface area contributed by atoms with Crippen molar-refractivity contribution in [2.24, 2.45) is 5.41 Å². The molecule has 1 aliphatic rings. The molecular formula is C50H68N12O10S. The zero-order chi connectivity index (χ0) is 52.7. The van der Waals surface area contributed by atoms with Gasteiger partial charge in [-0.05, 0) is 86.4 Å². The highest BCUT2D eigenvalue weighted by atomic mass is 32.1. The summed E-state index contributed by atoms with van der Waals surface area (Å²) in [7, 11) is 0. The minimum Gasteiger partial charge on any atom is -0.490 e. The van der Waals surface area contributed by atoms with Crippen molar-refractivity contribution in [1.29, 1.82) is 0 Å². The molecule has 8 N–H and O–H groups in total. The quantitative estimate of drug-likeness (QED) is 0.0327. The summed E-state index contributed by atoms with van der Waals surface area (Å²) in [6, 6.07) is 5.93. The van der Waals surface area contributed by atoms with E-state index in [4.69, 9.17) is 29.6 Å². The number of hydrogen-bond donors (Lipinski definition) is 7. The number of imidazole rings is 1. The van der Waals surface area contributed by atoms with Crippen LogP contribution in [0.5, 0.6) is 5.75 Å². The third-order valence-electron chi connectivity index (χ3n) is 11.7. The number of aliphatic hydroxyl groups is 2. The Morgan fingerprint density at radius 1 is 0.973 bits per heavy atom. The number of amides is 4. The van der Waals surface area contributed by atoms with Gasteiger partial charge in [-0.2, -0.15) is 0 Å². The Bertz CT molecular complexity index is 2720. The number of ether oxygens (including phenoxy) is 3. The lowest BCUT2D eigenvalue weighted by molar-refractivity contribution is -0.144. The number of likely N-dealkylation sites (tertiary alicyclic amines) is 1. The Hall–Kier alpha value is -6.55. The van der Waals surface area contributed by atoms with Crippen LogP contribution in [-0.2, 0) is 41.7 Å². The van der Waals surface area contributed by atoms with Crippen LogP contribution in [-0.4, -0.2) is 152 Å². The van der Waals surface area contributed by atoms with Crippen LogP contribution >= 0.6 is 11.3 Å². The molecule has 73 heavy (non-hydrogen) atoms. The zero-order valence-corrected chi connectivity index (χ0v) is 43.4. The third-order valence-corrected chi connectivity index (χ3v) is 12.6. The van der Waals surface area contributed by atoms with Gasteiger partial charge in [0.15, 0.2) is 23.1 Å². The molecule has 1 unspecified atom stereocenters. The minimum absolute atomic E-state index is 0.0344. The van der Waals surface area contributed by atoms with Crippen molar-refractivity contribution in [2.75, 3.05) is 64.9 Å². The fourth-order valence-electron chi connectivity index (χ4n) is 7.96. The van der Waals surface area contributed by atoms with Gasteiger partial charge in [-0.25, -0.2) is 19.6 Å². The fraction of sp³-hybridized carbons (Fsp3) is 0.540. The van der Waals surface area contributed by atoms with Crippen molar-refractivity contribution >= 4 is 51.8 Å². The number of nitrogens with zero attached hydrogens (tertiary/aromatic N) is 7. The molecule has 0 spiro atoms. The Balaban J connectivity index is 0.827. The molecule has 0 radical (unpaired) electrons. The van der Waals surface area contributed by atoms with E-state index in [0.29, 0.717) is 80.3 Å². The molecular weight excluding hydrogens is 961 g/mol. The first kappa shape index (κ1) is 55.8. The normalized spacial score (nSPS) is 15.2. The molecule has 1 saturated heterocycles. The van der Waals surface area contributed by atoms with Crippen molar-refractivity contribution in [3.05, 3.63) is 52.9 Å². The first-order valence-corrected chi connectivity index (χ1v) is 25.3. The molecule has 4 amide bonds. The number of benzene rings is 1. The number of anilines is 1. The molecule has 23 heteroatoms. The largest absolute Gasteiger partial charge is 0.490 e. The second-order valence-corrected chi connectivity index (χ2v) is 20.0. The van der Waals surface area contributed by atoms with E-state index in [-0.39, 0.29) is 69.3 Å². The second-order valence-electron chi connectivity index (χ2n) is 19.2. The van der Waals surface area contributed by atoms with Gasteiger partial charge in [-0.1, -0.05) is 51.0 Å². The van der Waals surface area contributed by atoms with Crippen LogP contribution in [0.15, 0.2) is 40.6 Å². The highest BCUT2D eigenvalue weighted by Crippen LogP contribution is 2.34. The Kier molecular flexibility index (Phi) is 19.8. The van der Waals surface area contributed by atoms with Gasteiger partial charge in [-0.15, -0.1) is 11.3 Å². The van der Waals surface area contributed by atoms with E-state index in [1.165, 1.54) is 4.90 Å². The average Bonchev–Trinajstić information content (AvgIpc) is 4.16. The number of nitrogen functional groups attached to an aromatic ring is 1. The van der Waals surface area contributed by atoms with Crippen molar-refractivity contribution in [3.8, 4) is 39.5 Å². The number of aromatic nitrogens is 6. The monoisotopic (exact) mass is 1030 g/mol. The number of aryl methyl sites for hydroxylation is 2. The molecule has 1 aliphatic heterocycles. The lowest BCUT2D eigenvalue weighted by Crippen LogP contribution is -2.58. The van der Waals surface area contributed by atoms with E-state index in [2.05, 4.69) is 53.4 Å². The van der Waals surface area contributed by atoms with Crippen LogP contribution in [0.1, 0.15) is 84.2 Å². The Morgan fingerprint density at radius 3 is 2.41 bits per heavy atom. The standard InChI is InChI=1S/C50H68N12O10S/c1-8-61-42-37(27-54-35(16-17-50(6,7)68)40(42)58-46(61)41-45(51)60-72-59-41)71-21-10-19-52-18-9-11-38(64)53-20-22-69-23-24-70-29-39(65)57-44(49(3,4)5)48(67)62-28-34(63)25-36(62)47(66)55-26-32-12-14-33(15-13-32)43-31(2)56-30-73-43/h12-15,27,30,34,36,44,52,63,68H,8-11,18-26,28-29H2,1-7H3,(H2,51,60)(H,53,64)(H,55,66)(H,57,65)/t34-,36+,44?/m1/s1. The zero-order valence-electron chi connectivity index (χ0n) is 42.6. The van der Waals surface area contributed by atoms with E-state index in [1.807, 2.05) is 63.5 Å². The van der Waals surface area contributed by atoms with Gasteiger partial charge in [0.2, 0.25) is 23.6 Å². The summed E-state index contributed by atoms with van der Waals surface area (Å²) in [6.07, 6.45) is 2.40. The van der Waals surface area contributed by atoms with Crippen LogP contribution in [0.25, 0.3) is 33.0 Å². The molecule has 4 aromatic heterocycles. The second kappa shape index (κ2) is 25.9. The number of carbonyl (C=O) groups is 4. The molecule has 0 aliphatic carbocycles. The molecule has 1 aromatic carbocycles. The number of rotatable bonds is 25. The Labute approximate surface area is 428 Å². The van der Waals surface area contributed by atoms with Gasteiger partial charge in [0.1, 0.15) is 41.0 Å². The number of hydrogen-bond acceptors (Lipinski definition) is 18. The predicted octanol–water partition coefficient (Wildman–Crippen LogP) is 2.73. The summed E-state index contributed by atoms with van der Waals surface area (Å²) in [5, 5.41) is 40.2. The summed E-state index contributed by atoms with van der Waals surface area (Å²) >= 11 is 1.56. The van der Waals surface area contributed by atoms with Crippen LogP contribution in [0.4, 0.5) is 5.82 Å². The number of β-amino-alcohol motifs (C(OH)–C–C–N with tert-alkyl or cyclic N) is 1. The van der Waals surface area contributed by atoms with Crippen molar-refractivity contribution in [3.63, 3.8) is 0 Å². The van der Waals surface area contributed by atoms with Crippen LogP contribution in [0.2, 0.25) is 0 Å². The maximum absolute atomic E-state index is 13.9. The smallest absolute Gasteiger partial charge is 0.246 e. The van der Waals surface area contributed by atoms with Gasteiger partial charge < -0.3 is 60.9 Å². The first-order valence-electron chi connectivity index (χ1n) is 24.4. The molecule has 5 aromatic rings. The molecule has 5 heterocycles. The molecule has 3 atom stereocenters. The summed E-state index contributed by atoms with van der Waals surface area (Å²) in [6.45, 7) is 15.4. The maximum atomic E-state index is 13.9. The summed E-state index contributed by atoms with van der Waals surface area (Å²) in [5.41, 5.74) is 10.5. The molecule has 6 rings (SSSR count). The highest BCUT2D eigenvalue weighted by Gasteiger charge is 2.44. The van der Waals surface area contributed by atoms with Gasteiger partial charge in [0.25, 0.3) is 0 Å². The van der Waals surface area contributed by atoms with E-state index in [0.717, 1.165) is 21.7 Å². The number of pyridine rings is 1. The summed E-state index contributed by atoms with van der Waals surface area (Å²) < 4.78 is 23.9. The first-order chi connectivity index (χ1) is 34.8. The predicted molar refractivity (Wildman–Crippen MR) is 273 cm³/mol. The van der Waals surface area contributed by atoms with Gasteiger partial charge >= 0.3 is 0 Å². The molecule has 0 saturated carbocycles. The topological polar surface area (TPSA) is 296 Å². The van der Waals surface area contributed by atoms with Crippen LogP contribution in [0, 0.1) is 24.2 Å². The van der Waals surface area contributed by atoms with Crippen molar-refractivity contribution < 1.29 is 48.2 Å². The average molecular weight is 1030 g/mol. The number of aliphatic hydroxyl groups excluding tert-OH is 1. The van der Waals surface area contributed by atoms with E-state index >= 15 is 0 Å². The van der Waals surface area contributed by atoms with Gasteiger partial charge in [-0.3, -0.25) is 19.2 Å². The number of nitrogens with one attached hydrogen (secondary N) is 4. The van der Waals surface area contributed by atoms with Gasteiger partial charge in [0.05, 0.1) is 54.8 Å². The van der Waals surface area contributed by atoms with Gasteiger partial charge in [0, 0.05) is 39.0 Å². The number of fused-ring (bicyclic) bond motifs is 1. The molecule has 1 fully saturated rings. The van der Waals surface area contributed by atoms with Crippen LogP contribution < -0.4 is 31.7 Å². The molecule has 394 valence electrons.